The van der Waals surface area contributed by atoms with E-state index in [-0.39, 0.29) is 17.0 Å². The van der Waals surface area contributed by atoms with Gasteiger partial charge in [0.15, 0.2) is 16.9 Å². The summed E-state index contributed by atoms with van der Waals surface area (Å²) in [5.41, 5.74) is 1.66. The number of hydrogen-bond acceptors (Lipinski definition) is 5. The summed E-state index contributed by atoms with van der Waals surface area (Å²) < 4.78 is 18.3. The topological polar surface area (TPSA) is 87.0 Å². The zero-order valence-electron chi connectivity index (χ0n) is 16.6. The van der Waals surface area contributed by atoms with Crippen molar-refractivity contribution in [2.75, 3.05) is 27.4 Å². The first-order valence-corrected chi connectivity index (χ1v) is 9.41. The lowest BCUT2D eigenvalue weighted by Crippen LogP contribution is -2.30. The third-order valence-corrected chi connectivity index (χ3v) is 5.68. The Labute approximate surface area is 168 Å². The van der Waals surface area contributed by atoms with Gasteiger partial charge in [0, 0.05) is 36.4 Å². The molecule has 1 aliphatic carbocycles. The van der Waals surface area contributed by atoms with Gasteiger partial charge in [0.25, 0.3) is 0 Å². The van der Waals surface area contributed by atoms with E-state index in [1.165, 1.54) is 12.3 Å². The van der Waals surface area contributed by atoms with E-state index in [0.717, 1.165) is 11.1 Å². The standard InChI is InChI=1S/C22H23NO6/c1-22(4-5-22)20-9-13-8-19(29-7-6-27-2)18(28-3)10-14(13)16-11-17(24)15(21(25)26)12-23(16)20/h4-5,8,10-12,20H,6-7,9H2,1-3H3,(H,25,26). The summed E-state index contributed by atoms with van der Waals surface area (Å²) in [6, 6.07) is 5.18. The van der Waals surface area contributed by atoms with Crippen LogP contribution in [0.4, 0.5) is 0 Å². The largest absolute Gasteiger partial charge is 0.493 e. The lowest BCUT2D eigenvalue weighted by molar-refractivity contribution is 0.0694. The summed E-state index contributed by atoms with van der Waals surface area (Å²) in [7, 11) is 3.17. The number of methoxy groups -OCH3 is 2. The number of aromatic nitrogens is 1. The van der Waals surface area contributed by atoms with E-state index < -0.39 is 11.4 Å². The number of carboxylic acids is 1. The molecule has 1 aliphatic heterocycles. The molecule has 4 rings (SSSR count). The maximum atomic E-state index is 12.4. The lowest BCUT2D eigenvalue weighted by atomic mass is 9.83. The molecule has 2 heterocycles. The smallest absolute Gasteiger partial charge is 0.341 e. The lowest BCUT2D eigenvalue weighted by Gasteiger charge is -2.35. The molecule has 2 aromatic rings. The van der Waals surface area contributed by atoms with Crippen LogP contribution in [0.1, 0.15) is 28.9 Å². The predicted molar refractivity (Wildman–Crippen MR) is 107 cm³/mol. The second-order valence-corrected chi connectivity index (χ2v) is 7.57. The number of rotatable bonds is 7. The van der Waals surface area contributed by atoms with Crippen molar-refractivity contribution in [3.8, 4) is 22.8 Å². The molecule has 7 heteroatoms. The summed E-state index contributed by atoms with van der Waals surface area (Å²) >= 11 is 0. The molecule has 1 N–H and O–H groups in total. The van der Waals surface area contributed by atoms with Gasteiger partial charge in [0.1, 0.15) is 12.2 Å². The monoisotopic (exact) mass is 397 g/mol. The molecule has 0 spiro atoms. The summed E-state index contributed by atoms with van der Waals surface area (Å²) in [6.07, 6.45) is 6.35. The highest BCUT2D eigenvalue weighted by atomic mass is 16.5. The zero-order chi connectivity index (χ0) is 20.8. The average Bonchev–Trinajstić information content (AvgIpc) is 3.44. The molecule has 1 unspecified atom stereocenters. The molecule has 7 nitrogen and oxygen atoms in total. The number of benzene rings is 1. The molecule has 0 fully saturated rings. The van der Waals surface area contributed by atoms with Gasteiger partial charge in [-0.15, -0.1) is 0 Å². The van der Waals surface area contributed by atoms with Crippen molar-refractivity contribution in [2.24, 2.45) is 5.41 Å². The maximum absolute atomic E-state index is 12.4. The third kappa shape index (κ3) is 3.31. The summed E-state index contributed by atoms with van der Waals surface area (Å²) in [6.45, 7) is 2.96. The van der Waals surface area contributed by atoms with Crippen molar-refractivity contribution in [3.63, 3.8) is 0 Å². The molecule has 1 aromatic heterocycles. The summed E-state index contributed by atoms with van der Waals surface area (Å²) in [4.78, 5) is 24.0. The molecule has 29 heavy (non-hydrogen) atoms. The first-order chi connectivity index (χ1) is 13.9. The maximum Gasteiger partial charge on any atom is 0.341 e. The van der Waals surface area contributed by atoms with Crippen LogP contribution in [0.3, 0.4) is 0 Å². The number of aromatic carboxylic acids is 1. The highest BCUT2D eigenvalue weighted by molar-refractivity contribution is 5.88. The molecule has 0 radical (unpaired) electrons. The molecule has 1 aromatic carbocycles. The molecular weight excluding hydrogens is 374 g/mol. The molecule has 152 valence electrons. The number of nitrogens with zero attached hydrogens (tertiary/aromatic N) is 1. The van der Waals surface area contributed by atoms with Gasteiger partial charge in [-0.3, -0.25) is 4.79 Å². The Balaban J connectivity index is 1.87. The number of ether oxygens (including phenoxy) is 3. The van der Waals surface area contributed by atoms with Crippen LogP contribution in [-0.2, 0) is 11.2 Å². The van der Waals surface area contributed by atoms with E-state index in [1.807, 2.05) is 16.7 Å². The third-order valence-electron chi connectivity index (χ3n) is 5.68. The molecule has 0 amide bonds. The zero-order valence-corrected chi connectivity index (χ0v) is 16.6. The van der Waals surface area contributed by atoms with Gasteiger partial charge in [-0.2, -0.15) is 0 Å². The van der Waals surface area contributed by atoms with Gasteiger partial charge in [-0.1, -0.05) is 19.1 Å². The van der Waals surface area contributed by atoms with Crippen molar-refractivity contribution >= 4 is 5.97 Å². The number of pyridine rings is 1. The quantitative estimate of drug-likeness (QED) is 0.571. The number of carbonyl (C=O) groups is 1. The number of carboxylic acid groups (broad SMARTS) is 1. The first-order valence-electron chi connectivity index (χ1n) is 9.41. The molecule has 0 saturated heterocycles. The van der Waals surface area contributed by atoms with E-state index in [1.54, 1.807) is 14.2 Å². The summed E-state index contributed by atoms with van der Waals surface area (Å²) in [5.74, 6) is -0.0486. The Morgan fingerprint density at radius 1 is 1.21 bits per heavy atom. The summed E-state index contributed by atoms with van der Waals surface area (Å²) in [5, 5.41) is 9.41. The minimum atomic E-state index is -1.22. The minimum absolute atomic E-state index is 0.0241. The van der Waals surface area contributed by atoms with Crippen molar-refractivity contribution in [3.05, 3.63) is 57.9 Å². The minimum Gasteiger partial charge on any atom is -0.493 e. The van der Waals surface area contributed by atoms with Crippen LogP contribution in [0.2, 0.25) is 0 Å². The Morgan fingerprint density at radius 3 is 2.59 bits per heavy atom. The van der Waals surface area contributed by atoms with Crippen LogP contribution >= 0.6 is 0 Å². The molecular formula is C22H23NO6. The van der Waals surface area contributed by atoms with Gasteiger partial charge in [-0.05, 0) is 24.1 Å². The van der Waals surface area contributed by atoms with Gasteiger partial charge < -0.3 is 23.9 Å². The molecule has 1 atom stereocenters. The van der Waals surface area contributed by atoms with Crippen LogP contribution in [0.25, 0.3) is 11.3 Å². The number of fused-ring (bicyclic) bond motifs is 3. The van der Waals surface area contributed by atoms with Crippen molar-refractivity contribution in [1.29, 1.82) is 0 Å². The van der Waals surface area contributed by atoms with Crippen molar-refractivity contribution in [2.45, 2.75) is 19.4 Å². The molecule has 0 bridgehead atoms. The van der Waals surface area contributed by atoms with Crippen molar-refractivity contribution in [1.82, 2.24) is 4.57 Å². The van der Waals surface area contributed by atoms with Gasteiger partial charge >= 0.3 is 5.97 Å². The van der Waals surface area contributed by atoms with Crippen molar-refractivity contribution < 1.29 is 24.1 Å². The van der Waals surface area contributed by atoms with Gasteiger partial charge in [0.2, 0.25) is 0 Å². The van der Waals surface area contributed by atoms with E-state index >= 15 is 0 Å². The second kappa shape index (κ2) is 7.08. The first kappa shape index (κ1) is 19.3. The van der Waals surface area contributed by atoms with Gasteiger partial charge in [-0.25, -0.2) is 4.79 Å². The van der Waals surface area contributed by atoms with E-state index in [2.05, 4.69) is 19.1 Å². The number of hydrogen-bond donors (Lipinski definition) is 1. The Hall–Kier alpha value is -3.06. The highest BCUT2D eigenvalue weighted by Gasteiger charge is 2.42. The van der Waals surface area contributed by atoms with Crippen LogP contribution in [0.5, 0.6) is 11.5 Å². The van der Waals surface area contributed by atoms with Crippen LogP contribution < -0.4 is 14.9 Å². The highest BCUT2D eigenvalue weighted by Crippen LogP contribution is 2.51. The Morgan fingerprint density at radius 2 is 1.97 bits per heavy atom. The SMILES string of the molecule is COCCOc1cc2c(cc1OC)-c1cc(=O)c(C(=O)O)cn1C(C1(C)C=C1)C2. The van der Waals surface area contributed by atoms with Crippen LogP contribution in [0, 0.1) is 5.41 Å². The van der Waals surface area contributed by atoms with E-state index in [0.29, 0.717) is 36.8 Å². The van der Waals surface area contributed by atoms with Crippen LogP contribution in [0.15, 0.2) is 41.3 Å². The molecule has 0 saturated carbocycles. The fourth-order valence-corrected chi connectivity index (χ4v) is 3.88. The van der Waals surface area contributed by atoms with E-state index in [9.17, 15) is 14.7 Å². The molecule has 2 aliphatic rings. The number of allylic oxidation sites excluding steroid dienone is 2. The fourth-order valence-electron chi connectivity index (χ4n) is 3.88. The Kier molecular flexibility index (Phi) is 4.70. The Bertz CT molecular complexity index is 1060. The van der Waals surface area contributed by atoms with Gasteiger partial charge in [0.05, 0.1) is 19.4 Å². The second-order valence-electron chi connectivity index (χ2n) is 7.57. The average molecular weight is 397 g/mol. The normalized spacial score (nSPS) is 18.0. The van der Waals surface area contributed by atoms with Crippen LogP contribution in [-0.4, -0.2) is 43.1 Å². The fraction of sp³-hybridized carbons (Fsp3) is 0.364. The predicted octanol–water partition coefficient (Wildman–Crippen LogP) is 2.92. The van der Waals surface area contributed by atoms with E-state index in [4.69, 9.17) is 14.2 Å².